The number of ether oxygens (including phenoxy) is 1. The Kier molecular flexibility index (Phi) is 15.8. The van der Waals surface area contributed by atoms with Crippen LogP contribution in [0.4, 0.5) is 0 Å². The number of thioether (sulfide) groups is 1. The highest BCUT2D eigenvalue weighted by Gasteiger charge is 2.46. The van der Waals surface area contributed by atoms with Crippen LogP contribution in [0.15, 0.2) is 65.8 Å². The molecule has 0 unspecified atom stereocenters. The molecule has 2 aromatic carbocycles. The number of pyridine rings is 1. The number of rotatable bonds is 24. The van der Waals surface area contributed by atoms with Crippen LogP contribution in [0.25, 0.3) is 11.1 Å². The van der Waals surface area contributed by atoms with Gasteiger partial charge in [0.25, 0.3) is 5.91 Å². The third-order valence-corrected chi connectivity index (χ3v) is 11.4. The number of halogens is 1. The molecule has 1 aromatic heterocycles. The van der Waals surface area contributed by atoms with E-state index in [9.17, 15) is 25.2 Å². The largest absolute Gasteiger partial charge is 0.490 e. The molecule has 53 heavy (non-hydrogen) atoms. The third kappa shape index (κ3) is 11.6. The number of nitrogens with one attached hydrogen (secondary N) is 1. The van der Waals surface area contributed by atoms with Gasteiger partial charge < -0.3 is 45.6 Å². The lowest BCUT2D eigenvalue weighted by Gasteiger charge is -2.30. The van der Waals surface area contributed by atoms with Crippen molar-refractivity contribution >= 4 is 29.3 Å². The normalized spacial score (nSPS) is 17.2. The number of amides is 1. The Hall–Kier alpha value is -2.78. The highest BCUT2D eigenvalue weighted by molar-refractivity contribution is 7.99. The molecular weight excluding hydrogens is 718 g/mol. The maximum absolute atomic E-state index is 13.0. The first-order valence-electron chi connectivity index (χ1n) is 18.8. The summed E-state index contributed by atoms with van der Waals surface area (Å²) in [4.78, 5) is 20.1. The van der Waals surface area contributed by atoms with E-state index in [-0.39, 0.29) is 12.1 Å². The van der Waals surface area contributed by atoms with Crippen LogP contribution in [-0.2, 0) is 16.9 Å². The van der Waals surface area contributed by atoms with Gasteiger partial charge in [0.05, 0.1) is 12.7 Å². The van der Waals surface area contributed by atoms with E-state index >= 15 is 0 Å². The average Bonchev–Trinajstić information content (AvgIpc) is 4.13. The summed E-state index contributed by atoms with van der Waals surface area (Å²) in [5.74, 6) is 1.02. The smallest absolute Gasteiger partial charge is 0.254 e. The number of hydrogen-bond acceptors (Lipinski definition) is 11. The second kappa shape index (κ2) is 20.2. The molecule has 0 saturated heterocycles. The fraction of sp³-hybridized carbons (Fsp3) is 0.550. The van der Waals surface area contributed by atoms with Gasteiger partial charge in [0.2, 0.25) is 0 Å². The Labute approximate surface area is 321 Å². The van der Waals surface area contributed by atoms with Crippen LogP contribution in [0, 0.1) is 0 Å². The monoisotopic (exact) mass is 771 g/mol. The summed E-state index contributed by atoms with van der Waals surface area (Å²) < 4.78 is 6.26. The number of unbranched alkanes of at least 4 members (excludes halogenated alkanes) is 4. The van der Waals surface area contributed by atoms with Crippen molar-refractivity contribution in [2.45, 2.75) is 112 Å². The zero-order valence-electron chi connectivity index (χ0n) is 30.2. The second-order valence-electron chi connectivity index (χ2n) is 14.1. The van der Waals surface area contributed by atoms with Crippen LogP contribution in [0.5, 0.6) is 5.75 Å². The first kappa shape index (κ1) is 41.4. The standard InChI is InChI=1S/C40H54ClN3O8S/c41-33-14-13-29(53-22-8-2-6-20-44(19-5-1-7-21-45)39(51)38(50)37(49)36(48)34(47)26-46)23-27(33)24-43-40(16-17-40)32-25-42-18-15-30(32)31-9-3-4-10-35(31)52-28-11-12-28/h3-4,9-10,13-15,18,23,25,28,34,36-38,43,45-50H,1-2,5-8,11-12,16-17,19-22,24,26H2/t34-,36+,37-,38-/m0/s1. The molecule has 0 aliphatic heterocycles. The summed E-state index contributed by atoms with van der Waals surface area (Å²) >= 11 is 8.43. The molecule has 1 amide bonds. The topological polar surface area (TPSA) is 176 Å². The van der Waals surface area contributed by atoms with Crippen LogP contribution < -0.4 is 10.1 Å². The Bertz CT molecular complexity index is 1610. The van der Waals surface area contributed by atoms with Crippen molar-refractivity contribution in [3.05, 3.63) is 77.1 Å². The zero-order chi connectivity index (χ0) is 37.8. The van der Waals surface area contributed by atoms with Gasteiger partial charge in [-0.15, -0.1) is 11.8 Å². The van der Waals surface area contributed by atoms with Gasteiger partial charge in [0, 0.05) is 59.7 Å². The van der Waals surface area contributed by atoms with Crippen molar-refractivity contribution in [2.24, 2.45) is 0 Å². The quantitative estimate of drug-likeness (QED) is 0.0508. The van der Waals surface area contributed by atoms with Crippen molar-refractivity contribution in [3.63, 3.8) is 0 Å². The van der Waals surface area contributed by atoms with Crippen molar-refractivity contribution in [1.82, 2.24) is 15.2 Å². The fourth-order valence-electron chi connectivity index (χ4n) is 6.43. The maximum Gasteiger partial charge on any atom is 0.254 e. The lowest BCUT2D eigenvalue weighted by molar-refractivity contribution is -0.158. The van der Waals surface area contributed by atoms with Crippen molar-refractivity contribution in [2.75, 3.05) is 32.1 Å². The minimum Gasteiger partial charge on any atom is -0.490 e. The van der Waals surface area contributed by atoms with E-state index in [0.29, 0.717) is 56.4 Å². The molecule has 2 aliphatic carbocycles. The molecule has 1 heterocycles. The van der Waals surface area contributed by atoms with Gasteiger partial charge in [-0.05, 0) is 111 Å². The van der Waals surface area contributed by atoms with E-state index in [1.54, 1.807) is 11.8 Å². The lowest BCUT2D eigenvalue weighted by atomic mass is 9.94. The van der Waals surface area contributed by atoms with Gasteiger partial charge in [-0.1, -0.05) is 36.2 Å². The summed E-state index contributed by atoms with van der Waals surface area (Å²) in [7, 11) is 0. The van der Waals surface area contributed by atoms with E-state index < -0.39 is 36.9 Å². The number of carbonyl (C=O) groups excluding carboxylic acids is 1. The summed E-state index contributed by atoms with van der Waals surface area (Å²) in [6.45, 7) is 0.504. The highest BCUT2D eigenvalue weighted by Crippen LogP contribution is 2.50. The minimum atomic E-state index is -1.95. The maximum atomic E-state index is 13.0. The van der Waals surface area contributed by atoms with E-state index in [1.807, 2.05) is 36.7 Å². The molecule has 4 atom stereocenters. The molecule has 2 saturated carbocycles. The number of hydrogen-bond donors (Lipinski definition) is 7. The van der Waals surface area contributed by atoms with Crippen molar-refractivity contribution in [1.29, 1.82) is 0 Å². The van der Waals surface area contributed by atoms with Crippen molar-refractivity contribution < 1.29 is 40.2 Å². The number of aromatic nitrogens is 1. The Morgan fingerprint density at radius 1 is 0.943 bits per heavy atom. The molecule has 0 radical (unpaired) electrons. The van der Waals surface area contributed by atoms with E-state index in [1.165, 1.54) is 10.5 Å². The van der Waals surface area contributed by atoms with Crippen LogP contribution in [0.3, 0.4) is 0 Å². The number of aliphatic hydroxyl groups excluding tert-OH is 6. The van der Waals surface area contributed by atoms with Crippen LogP contribution in [-0.4, -0.2) is 109 Å². The van der Waals surface area contributed by atoms with E-state index in [0.717, 1.165) is 71.6 Å². The van der Waals surface area contributed by atoms with Gasteiger partial charge in [-0.3, -0.25) is 9.78 Å². The van der Waals surface area contributed by atoms with Crippen LogP contribution in [0.1, 0.15) is 75.3 Å². The molecule has 13 heteroatoms. The molecule has 5 rings (SSSR count). The number of nitrogens with zero attached hydrogens (tertiary/aromatic N) is 2. The molecule has 3 aromatic rings. The predicted octanol–water partition coefficient (Wildman–Crippen LogP) is 4.41. The van der Waals surface area contributed by atoms with Gasteiger partial charge in [0.1, 0.15) is 24.1 Å². The Morgan fingerprint density at radius 3 is 2.38 bits per heavy atom. The van der Waals surface area contributed by atoms with Gasteiger partial charge in [0.15, 0.2) is 6.10 Å². The fourth-order valence-corrected chi connectivity index (χ4v) is 7.58. The predicted molar refractivity (Wildman–Crippen MR) is 206 cm³/mol. The van der Waals surface area contributed by atoms with Gasteiger partial charge in [-0.25, -0.2) is 0 Å². The molecular formula is C40H54ClN3O8S. The SMILES string of the molecule is O=C([C@@H](O)[C@@H](O)[C@H](O)[C@@H](O)CO)N(CCCCCO)CCCCCSc1ccc(Cl)c(CNC2(c3cnccc3-c3ccccc3OC3CC3)CC2)c1. The summed E-state index contributed by atoms with van der Waals surface area (Å²) in [5.41, 5.74) is 4.23. The zero-order valence-corrected chi connectivity index (χ0v) is 31.7. The lowest BCUT2D eigenvalue weighted by Crippen LogP contribution is -2.53. The molecule has 2 aliphatic rings. The Balaban J connectivity index is 1.12. The second-order valence-corrected chi connectivity index (χ2v) is 15.7. The molecule has 290 valence electrons. The third-order valence-electron chi connectivity index (χ3n) is 9.96. The first-order valence-corrected chi connectivity index (χ1v) is 20.1. The highest BCUT2D eigenvalue weighted by atomic mass is 35.5. The number of carbonyl (C=O) groups is 1. The number of aliphatic hydroxyl groups is 6. The molecule has 7 N–H and O–H groups in total. The van der Waals surface area contributed by atoms with Crippen LogP contribution >= 0.6 is 23.4 Å². The summed E-state index contributed by atoms with van der Waals surface area (Å²) in [6, 6.07) is 16.4. The summed E-state index contributed by atoms with van der Waals surface area (Å²) in [5, 5.41) is 63.0. The van der Waals surface area contributed by atoms with Crippen molar-refractivity contribution in [3.8, 4) is 16.9 Å². The van der Waals surface area contributed by atoms with E-state index in [4.69, 9.17) is 26.6 Å². The molecule has 0 bridgehead atoms. The number of benzene rings is 2. The Morgan fingerprint density at radius 2 is 1.68 bits per heavy atom. The average molecular weight is 772 g/mol. The first-order chi connectivity index (χ1) is 25.7. The number of para-hydroxylation sites is 1. The molecule has 0 spiro atoms. The minimum absolute atomic E-state index is 0.0444. The molecule has 11 nitrogen and oxygen atoms in total. The molecule has 2 fully saturated rings. The van der Waals surface area contributed by atoms with Gasteiger partial charge >= 0.3 is 0 Å². The van der Waals surface area contributed by atoms with Gasteiger partial charge in [-0.2, -0.15) is 0 Å². The summed E-state index contributed by atoms with van der Waals surface area (Å²) in [6.07, 6.45) is 5.14. The van der Waals surface area contributed by atoms with E-state index in [2.05, 4.69) is 34.6 Å². The van der Waals surface area contributed by atoms with Crippen LogP contribution in [0.2, 0.25) is 5.02 Å².